The first-order chi connectivity index (χ1) is 14.9. The number of hydrogen-bond acceptors (Lipinski definition) is 3. The van der Waals surface area contributed by atoms with Gasteiger partial charge in [0, 0.05) is 0 Å². The monoisotopic (exact) mass is 439 g/mol. The normalized spacial score (nSPS) is 12.9. The number of amides is 1. The molecule has 2 aromatic carbocycles. The van der Waals surface area contributed by atoms with Gasteiger partial charge in [-0.15, -0.1) is 0 Å². The van der Waals surface area contributed by atoms with Crippen LogP contribution < -0.4 is 10.1 Å². The Morgan fingerprint density at radius 3 is 2.39 bits per heavy atom. The van der Waals surface area contributed by atoms with E-state index in [4.69, 9.17) is 20.8 Å². The Bertz CT molecular complexity index is 989. The molecule has 0 aliphatic carbocycles. The predicted octanol–water partition coefficient (Wildman–Crippen LogP) is 7.22. The van der Waals surface area contributed by atoms with E-state index in [2.05, 4.69) is 50.4 Å². The molecule has 0 fully saturated rings. The van der Waals surface area contributed by atoms with Crippen LogP contribution in [-0.2, 0) is 6.61 Å². The molecule has 5 heteroatoms. The van der Waals surface area contributed by atoms with Crippen LogP contribution in [0.4, 0.5) is 0 Å². The van der Waals surface area contributed by atoms with E-state index in [0.717, 1.165) is 24.0 Å². The summed E-state index contributed by atoms with van der Waals surface area (Å²) in [7, 11) is 0. The van der Waals surface area contributed by atoms with Crippen molar-refractivity contribution >= 4 is 17.5 Å². The van der Waals surface area contributed by atoms with Crippen molar-refractivity contribution in [3.63, 3.8) is 0 Å². The summed E-state index contributed by atoms with van der Waals surface area (Å²) in [5, 5.41) is 3.62. The zero-order valence-electron chi connectivity index (χ0n) is 18.6. The number of carbonyl (C=O) groups excluding carboxylic acids is 1. The van der Waals surface area contributed by atoms with Crippen molar-refractivity contribution < 1.29 is 13.9 Å². The van der Waals surface area contributed by atoms with E-state index in [-0.39, 0.29) is 24.3 Å². The largest absolute Gasteiger partial charge is 0.484 e. The Morgan fingerprint density at radius 2 is 1.74 bits per heavy atom. The second-order valence-electron chi connectivity index (χ2n) is 7.85. The van der Waals surface area contributed by atoms with Crippen LogP contribution in [0.2, 0.25) is 5.02 Å². The number of rotatable bonds is 9. The molecule has 4 nitrogen and oxygen atoms in total. The molecule has 1 heterocycles. The molecule has 0 spiro atoms. The number of nitrogens with one attached hydrogen (secondary N) is 1. The Labute approximate surface area is 189 Å². The van der Waals surface area contributed by atoms with Gasteiger partial charge in [-0.1, -0.05) is 68.8 Å². The molecule has 1 amide bonds. The molecule has 0 saturated carbocycles. The molecule has 2 atom stereocenters. The summed E-state index contributed by atoms with van der Waals surface area (Å²) in [6.45, 7) is 8.60. The second-order valence-corrected chi connectivity index (χ2v) is 8.26. The van der Waals surface area contributed by atoms with E-state index >= 15 is 0 Å². The smallest absolute Gasteiger partial charge is 0.287 e. The van der Waals surface area contributed by atoms with Gasteiger partial charge < -0.3 is 14.5 Å². The fraction of sp³-hybridized carbons (Fsp3) is 0.346. The highest BCUT2D eigenvalue weighted by molar-refractivity contribution is 6.32. The van der Waals surface area contributed by atoms with Crippen LogP contribution in [0.5, 0.6) is 5.75 Å². The summed E-state index contributed by atoms with van der Waals surface area (Å²) in [5.41, 5.74) is 3.35. The first kappa shape index (κ1) is 23.0. The van der Waals surface area contributed by atoms with Crippen molar-refractivity contribution in [1.82, 2.24) is 5.32 Å². The number of halogens is 1. The maximum Gasteiger partial charge on any atom is 0.287 e. The zero-order chi connectivity index (χ0) is 22.4. The quantitative estimate of drug-likeness (QED) is 0.383. The summed E-state index contributed by atoms with van der Waals surface area (Å²) >= 11 is 6.20. The molecular weight excluding hydrogens is 410 g/mol. The lowest BCUT2D eigenvalue weighted by atomic mass is 9.95. The number of carbonyl (C=O) groups is 1. The molecule has 3 aromatic rings. The Hall–Kier alpha value is -2.72. The van der Waals surface area contributed by atoms with Crippen LogP contribution in [0.1, 0.15) is 78.6 Å². The van der Waals surface area contributed by atoms with Gasteiger partial charge in [-0.3, -0.25) is 4.79 Å². The van der Waals surface area contributed by atoms with Crippen molar-refractivity contribution in [2.45, 2.75) is 59.1 Å². The van der Waals surface area contributed by atoms with Crippen LogP contribution in [0.15, 0.2) is 59.0 Å². The lowest BCUT2D eigenvalue weighted by molar-refractivity contribution is 0.0903. The van der Waals surface area contributed by atoms with Gasteiger partial charge in [0.2, 0.25) is 0 Å². The van der Waals surface area contributed by atoms with Gasteiger partial charge in [0.25, 0.3) is 5.91 Å². The van der Waals surface area contributed by atoms with Crippen LogP contribution in [0.3, 0.4) is 0 Å². The number of furan rings is 1. The summed E-state index contributed by atoms with van der Waals surface area (Å²) in [4.78, 5) is 12.7. The van der Waals surface area contributed by atoms with Gasteiger partial charge in [0.05, 0.1) is 11.1 Å². The topological polar surface area (TPSA) is 51.5 Å². The van der Waals surface area contributed by atoms with E-state index in [0.29, 0.717) is 22.5 Å². The SMILES string of the molecule is CCC(C)c1ccc(C(CC)NC(=O)c2ccc(COc3c(C)cccc3Cl)o2)cc1. The highest BCUT2D eigenvalue weighted by Crippen LogP contribution is 2.29. The average molecular weight is 440 g/mol. The number of benzene rings is 2. The fourth-order valence-electron chi connectivity index (χ4n) is 3.46. The van der Waals surface area contributed by atoms with Gasteiger partial charge in [0.1, 0.15) is 18.1 Å². The summed E-state index contributed by atoms with van der Waals surface area (Å²) in [5.74, 6) is 1.75. The first-order valence-corrected chi connectivity index (χ1v) is 11.2. The Kier molecular flexibility index (Phi) is 7.80. The maximum atomic E-state index is 12.7. The molecule has 0 aliphatic heterocycles. The van der Waals surface area contributed by atoms with Gasteiger partial charge in [0.15, 0.2) is 5.76 Å². The molecule has 1 N–H and O–H groups in total. The third-order valence-corrected chi connectivity index (χ3v) is 5.94. The van der Waals surface area contributed by atoms with Crippen LogP contribution in [-0.4, -0.2) is 5.91 Å². The molecule has 31 heavy (non-hydrogen) atoms. The fourth-order valence-corrected chi connectivity index (χ4v) is 3.74. The third kappa shape index (κ3) is 5.71. The predicted molar refractivity (Wildman–Crippen MR) is 125 cm³/mol. The van der Waals surface area contributed by atoms with Crippen molar-refractivity contribution in [3.05, 3.63) is 87.8 Å². The summed E-state index contributed by atoms with van der Waals surface area (Å²) in [6, 6.07) is 17.4. The molecule has 0 saturated heterocycles. The second kappa shape index (κ2) is 10.5. The van der Waals surface area contributed by atoms with Crippen molar-refractivity contribution in [2.75, 3.05) is 0 Å². The van der Waals surface area contributed by atoms with Gasteiger partial charge >= 0.3 is 0 Å². The minimum Gasteiger partial charge on any atom is -0.484 e. The molecule has 0 bridgehead atoms. The van der Waals surface area contributed by atoms with E-state index in [9.17, 15) is 4.79 Å². The highest BCUT2D eigenvalue weighted by atomic mass is 35.5. The zero-order valence-corrected chi connectivity index (χ0v) is 19.3. The van der Waals surface area contributed by atoms with Crippen molar-refractivity contribution in [3.8, 4) is 5.75 Å². The lowest BCUT2D eigenvalue weighted by Gasteiger charge is -2.18. The minimum absolute atomic E-state index is 0.0749. The summed E-state index contributed by atoms with van der Waals surface area (Å²) < 4.78 is 11.5. The first-order valence-electron chi connectivity index (χ1n) is 10.8. The van der Waals surface area contributed by atoms with E-state index in [1.54, 1.807) is 18.2 Å². The van der Waals surface area contributed by atoms with Crippen molar-refractivity contribution in [2.24, 2.45) is 0 Å². The number of aryl methyl sites for hydroxylation is 1. The van der Waals surface area contributed by atoms with Crippen molar-refractivity contribution in [1.29, 1.82) is 0 Å². The van der Waals surface area contributed by atoms with Gasteiger partial charge in [-0.2, -0.15) is 0 Å². The number of ether oxygens (including phenoxy) is 1. The molecule has 0 aliphatic rings. The lowest BCUT2D eigenvalue weighted by Crippen LogP contribution is -2.27. The highest BCUT2D eigenvalue weighted by Gasteiger charge is 2.18. The molecule has 2 unspecified atom stereocenters. The third-order valence-electron chi connectivity index (χ3n) is 5.64. The molecule has 3 rings (SSSR count). The number of para-hydroxylation sites is 1. The molecular formula is C26H30ClNO3. The minimum atomic E-state index is -0.238. The Balaban J connectivity index is 1.63. The van der Waals surface area contributed by atoms with Crippen LogP contribution >= 0.6 is 11.6 Å². The van der Waals surface area contributed by atoms with E-state index in [1.807, 2.05) is 19.1 Å². The molecule has 164 valence electrons. The van der Waals surface area contributed by atoms with Gasteiger partial charge in [-0.05, 0) is 60.6 Å². The van der Waals surface area contributed by atoms with E-state index in [1.165, 1.54) is 5.56 Å². The maximum absolute atomic E-state index is 12.7. The van der Waals surface area contributed by atoms with Crippen LogP contribution in [0, 0.1) is 6.92 Å². The standard InChI is InChI=1S/C26H30ClNO3/c1-5-17(3)19-10-12-20(13-11-19)23(6-2)28-26(29)24-15-14-21(31-24)16-30-25-18(4)8-7-9-22(25)27/h7-15,17,23H,5-6,16H2,1-4H3,(H,28,29). The number of hydrogen-bond donors (Lipinski definition) is 1. The molecule has 0 radical (unpaired) electrons. The van der Waals surface area contributed by atoms with E-state index < -0.39 is 0 Å². The Morgan fingerprint density at radius 1 is 1.03 bits per heavy atom. The van der Waals surface area contributed by atoms with Gasteiger partial charge in [-0.25, -0.2) is 0 Å². The molecule has 1 aromatic heterocycles. The average Bonchev–Trinajstić information content (AvgIpc) is 3.26. The van der Waals surface area contributed by atoms with Crippen LogP contribution in [0.25, 0.3) is 0 Å². The summed E-state index contributed by atoms with van der Waals surface area (Å²) in [6.07, 6.45) is 1.89.